The second-order valence-corrected chi connectivity index (χ2v) is 8.30. The highest BCUT2D eigenvalue weighted by molar-refractivity contribution is 6.24. The van der Waals surface area contributed by atoms with E-state index in [1.807, 2.05) is 43.3 Å². The highest BCUT2D eigenvalue weighted by Gasteiger charge is 2.60. The smallest absolute Gasteiger partial charge is 0.335 e. The predicted molar refractivity (Wildman–Crippen MR) is 124 cm³/mol. The number of benzene rings is 3. The summed E-state index contributed by atoms with van der Waals surface area (Å²) in [7, 11) is 1.58. The lowest BCUT2D eigenvalue weighted by molar-refractivity contribution is -0.126. The number of carboxylic acid groups (broad SMARTS) is 1. The number of aryl methyl sites for hydroxylation is 1. The number of rotatable bonds is 5. The summed E-state index contributed by atoms with van der Waals surface area (Å²) in [6, 6.07) is 20.1. The lowest BCUT2D eigenvalue weighted by atomic mass is 9.90. The summed E-state index contributed by atoms with van der Waals surface area (Å²) in [5.41, 5.74) is 3.00. The molecule has 2 fully saturated rings. The molecule has 0 spiro atoms. The lowest BCUT2D eigenvalue weighted by Gasteiger charge is -2.29. The van der Waals surface area contributed by atoms with Crippen molar-refractivity contribution in [3.63, 3.8) is 0 Å². The van der Waals surface area contributed by atoms with Crippen LogP contribution in [0.15, 0.2) is 72.8 Å². The number of methoxy groups -OCH3 is 1. The summed E-state index contributed by atoms with van der Waals surface area (Å²) in [6.07, 6.45) is -1.000. The molecule has 2 amide bonds. The van der Waals surface area contributed by atoms with Crippen LogP contribution in [-0.2, 0) is 14.4 Å². The molecule has 2 saturated heterocycles. The summed E-state index contributed by atoms with van der Waals surface area (Å²) < 4.78 is 5.27. The van der Waals surface area contributed by atoms with Crippen LogP contribution >= 0.6 is 0 Å². The summed E-state index contributed by atoms with van der Waals surface area (Å²) >= 11 is 0. The van der Waals surface area contributed by atoms with E-state index in [2.05, 4.69) is 0 Å². The molecule has 1 N–H and O–H groups in total. The van der Waals surface area contributed by atoms with Gasteiger partial charge in [0.05, 0.1) is 30.1 Å². The minimum Gasteiger partial charge on any atom is -0.497 e. The average Bonchev–Trinajstić information content (AvgIpc) is 3.35. The minimum atomic E-state index is -1.08. The Morgan fingerprint density at radius 2 is 1.50 bits per heavy atom. The fourth-order valence-electron chi connectivity index (χ4n) is 4.48. The molecule has 8 nitrogen and oxygen atoms in total. The molecular weight excluding hydrogens is 436 g/mol. The normalized spacial score (nSPS) is 21.6. The summed E-state index contributed by atoms with van der Waals surface area (Å²) in [4.78, 5) is 45.3. The van der Waals surface area contributed by atoms with Gasteiger partial charge in [0, 0.05) is 0 Å². The Hall–Kier alpha value is -4.17. The number of hydrogen-bond donors (Lipinski definition) is 1. The molecule has 2 aliphatic heterocycles. The average molecular weight is 458 g/mol. The van der Waals surface area contributed by atoms with Crippen LogP contribution in [0.5, 0.6) is 5.75 Å². The Kier molecular flexibility index (Phi) is 5.30. The standard InChI is InChI=1S/C26H22N2O6/c1-15-3-9-19(10-4-15)28-22(16-7-13-20(33-2)14-8-16)21-23(34-28)25(30)27(24(21)29)18-11-5-17(6-12-18)26(31)32/h3-14,21-23H,1-2H3,(H,31,32)/t21-,22-,23+/m0/s1. The van der Waals surface area contributed by atoms with Crippen LogP contribution in [0.25, 0.3) is 0 Å². The van der Waals surface area contributed by atoms with E-state index in [0.29, 0.717) is 11.4 Å². The molecule has 8 heteroatoms. The first-order valence-corrected chi connectivity index (χ1v) is 10.8. The number of carbonyl (C=O) groups is 3. The quantitative estimate of drug-likeness (QED) is 0.582. The largest absolute Gasteiger partial charge is 0.497 e. The number of imide groups is 1. The maximum Gasteiger partial charge on any atom is 0.335 e. The Labute approximate surface area is 195 Å². The Morgan fingerprint density at radius 1 is 0.882 bits per heavy atom. The Bertz CT molecular complexity index is 1250. The van der Waals surface area contributed by atoms with Crippen LogP contribution in [0.4, 0.5) is 11.4 Å². The number of carbonyl (C=O) groups excluding carboxylic acids is 2. The molecule has 3 aromatic carbocycles. The van der Waals surface area contributed by atoms with Crippen molar-refractivity contribution in [2.24, 2.45) is 5.92 Å². The van der Waals surface area contributed by atoms with Crippen LogP contribution in [0, 0.1) is 12.8 Å². The number of nitrogens with zero attached hydrogens (tertiary/aromatic N) is 2. The summed E-state index contributed by atoms with van der Waals surface area (Å²) in [5, 5.41) is 10.8. The molecule has 3 aromatic rings. The third-order valence-corrected chi connectivity index (χ3v) is 6.23. The van der Waals surface area contributed by atoms with Gasteiger partial charge in [-0.25, -0.2) is 14.8 Å². The second-order valence-electron chi connectivity index (χ2n) is 8.30. The highest BCUT2D eigenvalue weighted by Crippen LogP contribution is 2.47. The number of fused-ring (bicyclic) bond motifs is 1. The van der Waals surface area contributed by atoms with Gasteiger partial charge in [-0.05, 0) is 61.0 Å². The molecular formula is C26H22N2O6. The van der Waals surface area contributed by atoms with Crippen LogP contribution in [0.3, 0.4) is 0 Å². The van der Waals surface area contributed by atoms with Gasteiger partial charge in [0.1, 0.15) is 11.7 Å². The molecule has 0 aliphatic carbocycles. The minimum absolute atomic E-state index is 0.0703. The first-order valence-electron chi connectivity index (χ1n) is 10.8. The van der Waals surface area contributed by atoms with E-state index in [1.165, 1.54) is 24.3 Å². The third-order valence-electron chi connectivity index (χ3n) is 6.23. The summed E-state index contributed by atoms with van der Waals surface area (Å²) in [6.45, 7) is 1.98. The number of anilines is 2. The molecule has 0 saturated carbocycles. The SMILES string of the molecule is COc1ccc([C@H]2[C@@H]3C(=O)N(c4ccc(C(=O)O)cc4)C(=O)[C@@H]3ON2c2ccc(C)cc2)cc1. The maximum absolute atomic E-state index is 13.6. The molecule has 34 heavy (non-hydrogen) atoms. The number of amides is 2. The fraction of sp³-hybridized carbons (Fsp3) is 0.192. The second kappa shape index (κ2) is 8.31. The van der Waals surface area contributed by atoms with E-state index >= 15 is 0 Å². The van der Waals surface area contributed by atoms with Crippen LogP contribution < -0.4 is 14.7 Å². The van der Waals surface area contributed by atoms with Crippen molar-refractivity contribution >= 4 is 29.2 Å². The third kappa shape index (κ3) is 3.48. The fourth-order valence-corrected chi connectivity index (χ4v) is 4.48. The van der Waals surface area contributed by atoms with Crippen molar-refractivity contribution in [1.29, 1.82) is 0 Å². The Balaban J connectivity index is 1.54. The molecule has 0 radical (unpaired) electrons. The van der Waals surface area contributed by atoms with Crippen molar-refractivity contribution in [3.8, 4) is 5.75 Å². The van der Waals surface area contributed by atoms with Gasteiger partial charge < -0.3 is 9.84 Å². The van der Waals surface area contributed by atoms with Gasteiger partial charge >= 0.3 is 5.97 Å². The lowest BCUT2D eigenvalue weighted by Crippen LogP contribution is -2.37. The van der Waals surface area contributed by atoms with Gasteiger partial charge in [0.2, 0.25) is 5.91 Å². The van der Waals surface area contributed by atoms with E-state index in [0.717, 1.165) is 21.7 Å². The monoisotopic (exact) mass is 458 g/mol. The zero-order valence-electron chi connectivity index (χ0n) is 18.5. The first kappa shape index (κ1) is 21.7. The van der Waals surface area contributed by atoms with Gasteiger partial charge in [0.15, 0.2) is 6.10 Å². The first-order chi connectivity index (χ1) is 16.4. The molecule has 3 atom stereocenters. The summed E-state index contributed by atoms with van der Waals surface area (Å²) in [5.74, 6) is -2.06. The maximum atomic E-state index is 13.6. The number of aromatic carboxylic acids is 1. The van der Waals surface area contributed by atoms with E-state index in [1.54, 1.807) is 24.3 Å². The molecule has 0 aromatic heterocycles. The highest BCUT2D eigenvalue weighted by atomic mass is 16.7. The Morgan fingerprint density at radius 3 is 2.09 bits per heavy atom. The van der Waals surface area contributed by atoms with Gasteiger partial charge in [-0.1, -0.05) is 29.8 Å². The van der Waals surface area contributed by atoms with Crippen molar-refractivity contribution in [2.75, 3.05) is 17.1 Å². The molecule has 172 valence electrons. The van der Waals surface area contributed by atoms with Gasteiger partial charge in [0.25, 0.3) is 5.91 Å². The molecule has 0 unspecified atom stereocenters. The van der Waals surface area contributed by atoms with Crippen molar-refractivity contribution in [3.05, 3.63) is 89.5 Å². The zero-order valence-corrected chi connectivity index (χ0v) is 18.5. The van der Waals surface area contributed by atoms with Crippen LogP contribution in [-0.4, -0.2) is 36.1 Å². The number of ether oxygens (including phenoxy) is 1. The zero-order chi connectivity index (χ0) is 24.0. The van der Waals surface area contributed by atoms with E-state index in [9.17, 15) is 14.4 Å². The van der Waals surface area contributed by atoms with Crippen LogP contribution in [0.1, 0.15) is 27.5 Å². The number of hydroxylamine groups is 1. The van der Waals surface area contributed by atoms with Gasteiger partial charge in [-0.15, -0.1) is 0 Å². The van der Waals surface area contributed by atoms with Crippen LogP contribution in [0.2, 0.25) is 0 Å². The van der Waals surface area contributed by atoms with Gasteiger partial charge in [-0.3, -0.25) is 14.4 Å². The number of hydrogen-bond acceptors (Lipinski definition) is 6. The number of carboxylic acids is 1. The van der Waals surface area contributed by atoms with E-state index in [-0.39, 0.29) is 5.56 Å². The van der Waals surface area contributed by atoms with E-state index < -0.39 is 35.8 Å². The molecule has 0 bridgehead atoms. The van der Waals surface area contributed by atoms with Crippen molar-refractivity contribution < 1.29 is 29.1 Å². The molecule has 2 aliphatic rings. The topological polar surface area (TPSA) is 96.4 Å². The molecule has 5 rings (SSSR count). The molecule has 2 heterocycles. The van der Waals surface area contributed by atoms with Crippen molar-refractivity contribution in [2.45, 2.75) is 19.1 Å². The van der Waals surface area contributed by atoms with Crippen molar-refractivity contribution in [1.82, 2.24) is 0 Å². The predicted octanol–water partition coefficient (Wildman–Crippen LogP) is 3.75. The van der Waals surface area contributed by atoms with E-state index in [4.69, 9.17) is 14.7 Å². The van der Waals surface area contributed by atoms with Gasteiger partial charge in [-0.2, -0.15) is 0 Å².